The van der Waals surface area contributed by atoms with Gasteiger partial charge in [0.05, 0.1) is 12.5 Å². The van der Waals surface area contributed by atoms with Gasteiger partial charge >= 0.3 is 5.97 Å². The highest BCUT2D eigenvalue weighted by molar-refractivity contribution is 6.32. The SMILES string of the molecule is [B]c1ccc2c(c1F)[C@@]1(C[C@H]1F)CN(CC(=O)OC)C2=O. The van der Waals surface area contributed by atoms with Crippen molar-refractivity contribution in [2.24, 2.45) is 0 Å². The van der Waals surface area contributed by atoms with Crippen molar-refractivity contribution in [2.45, 2.75) is 18.0 Å². The van der Waals surface area contributed by atoms with Crippen LogP contribution in [-0.4, -0.2) is 51.0 Å². The van der Waals surface area contributed by atoms with Crippen LogP contribution in [0.5, 0.6) is 0 Å². The van der Waals surface area contributed by atoms with E-state index in [4.69, 9.17) is 7.85 Å². The molecule has 1 spiro atoms. The number of carbonyl (C=O) groups excluding carboxylic acids is 2. The first kappa shape index (κ1) is 14.0. The molecule has 0 bridgehead atoms. The van der Waals surface area contributed by atoms with E-state index in [2.05, 4.69) is 4.74 Å². The minimum Gasteiger partial charge on any atom is -0.468 e. The van der Waals surface area contributed by atoms with Crippen molar-refractivity contribution in [2.75, 3.05) is 20.2 Å². The van der Waals surface area contributed by atoms with Gasteiger partial charge in [-0.1, -0.05) is 11.5 Å². The van der Waals surface area contributed by atoms with Crippen LogP contribution < -0.4 is 5.46 Å². The monoisotopic (exact) mass is 291 g/mol. The lowest BCUT2D eigenvalue weighted by molar-refractivity contribution is -0.141. The van der Waals surface area contributed by atoms with Gasteiger partial charge in [-0.3, -0.25) is 9.59 Å². The van der Waals surface area contributed by atoms with Crippen LogP contribution in [0, 0.1) is 5.82 Å². The smallest absolute Gasteiger partial charge is 0.325 e. The molecule has 1 heterocycles. The summed E-state index contributed by atoms with van der Waals surface area (Å²) in [5, 5.41) is 0. The summed E-state index contributed by atoms with van der Waals surface area (Å²) in [7, 11) is 6.73. The molecule has 1 amide bonds. The Morgan fingerprint density at radius 1 is 1.57 bits per heavy atom. The minimum absolute atomic E-state index is 0.0427. The van der Waals surface area contributed by atoms with Gasteiger partial charge in [0.2, 0.25) is 0 Å². The number of nitrogens with zero attached hydrogens (tertiary/aromatic N) is 1. The minimum atomic E-state index is -1.25. The van der Waals surface area contributed by atoms with E-state index >= 15 is 0 Å². The second kappa shape index (κ2) is 4.54. The molecule has 1 aliphatic heterocycles. The van der Waals surface area contributed by atoms with Crippen LogP contribution in [0.15, 0.2) is 12.1 Å². The molecule has 1 aromatic rings. The summed E-state index contributed by atoms with van der Waals surface area (Å²) in [5.41, 5.74) is -1.09. The predicted octanol–water partition coefficient (Wildman–Crippen LogP) is 0.228. The fraction of sp³-hybridized carbons (Fsp3) is 0.429. The van der Waals surface area contributed by atoms with Crippen molar-refractivity contribution in [1.82, 2.24) is 4.90 Å². The maximum Gasteiger partial charge on any atom is 0.325 e. The van der Waals surface area contributed by atoms with Crippen LogP contribution in [0.4, 0.5) is 8.78 Å². The molecule has 0 aromatic heterocycles. The predicted molar refractivity (Wildman–Crippen MR) is 70.9 cm³/mol. The summed E-state index contributed by atoms with van der Waals surface area (Å²) < 4.78 is 32.7. The summed E-state index contributed by atoms with van der Waals surface area (Å²) in [4.78, 5) is 24.9. The van der Waals surface area contributed by atoms with Crippen molar-refractivity contribution in [3.63, 3.8) is 0 Å². The molecule has 0 unspecified atom stereocenters. The molecule has 2 radical (unpaired) electrons. The fourth-order valence-corrected chi connectivity index (χ4v) is 2.95. The molecular weight excluding hydrogens is 279 g/mol. The second-order valence-corrected chi connectivity index (χ2v) is 5.46. The lowest BCUT2D eigenvalue weighted by Crippen LogP contribution is -2.48. The summed E-state index contributed by atoms with van der Waals surface area (Å²) in [6, 6.07) is 2.66. The van der Waals surface area contributed by atoms with Crippen molar-refractivity contribution in [1.29, 1.82) is 0 Å². The van der Waals surface area contributed by atoms with Crippen molar-refractivity contribution >= 4 is 25.2 Å². The summed E-state index contributed by atoms with van der Waals surface area (Å²) in [6.45, 7) is -0.329. The van der Waals surface area contributed by atoms with E-state index in [1.807, 2.05) is 0 Å². The van der Waals surface area contributed by atoms with E-state index in [0.29, 0.717) is 0 Å². The molecule has 3 rings (SSSR count). The van der Waals surface area contributed by atoms with Gasteiger partial charge in [0.1, 0.15) is 26.4 Å². The lowest BCUT2D eigenvalue weighted by Gasteiger charge is -2.34. The molecule has 1 aliphatic carbocycles. The quantitative estimate of drug-likeness (QED) is 0.579. The Labute approximate surface area is 121 Å². The normalized spacial score (nSPS) is 26.7. The van der Waals surface area contributed by atoms with Gasteiger partial charge in [0.15, 0.2) is 0 Å². The summed E-state index contributed by atoms with van der Waals surface area (Å²) >= 11 is 0. The molecule has 1 saturated carbocycles. The molecular formula is C14H12BF2NO3. The number of hydrogen-bond acceptors (Lipinski definition) is 3. The molecule has 1 fully saturated rings. The molecule has 2 aliphatic rings. The Bertz CT molecular complexity index is 651. The highest BCUT2D eigenvalue weighted by Gasteiger charge is 2.62. The van der Waals surface area contributed by atoms with Gasteiger partial charge in [-0.25, -0.2) is 8.78 Å². The van der Waals surface area contributed by atoms with Gasteiger partial charge in [0.25, 0.3) is 5.91 Å². The average Bonchev–Trinajstić information content (AvgIpc) is 3.09. The molecule has 1 aromatic carbocycles. The maximum absolute atomic E-state index is 14.3. The number of benzene rings is 1. The van der Waals surface area contributed by atoms with Crippen LogP contribution in [0.3, 0.4) is 0 Å². The van der Waals surface area contributed by atoms with Crippen LogP contribution in [0.1, 0.15) is 22.3 Å². The summed E-state index contributed by atoms with van der Waals surface area (Å²) in [6.07, 6.45) is -1.13. The number of esters is 1. The standard InChI is InChI=1S/C14H12BF2NO3/c1-21-10(19)5-18-6-14(4-9(14)16)11-7(13(18)20)2-3-8(15)12(11)17/h2-3,9H,4-6H2,1H3/t9-,14+/m1/s1. The highest BCUT2D eigenvalue weighted by Crippen LogP contribution is 2.54. The number of hydrogen-bond donors (Lipinski definition) is 0. The number of fused-ring (bicyclic) bond motifs is 2. The number of carbonyl (C=O) groups is 2. The third-order valence-corrected chi connectivity index (χ3v) is 4.19. The number of ether oxygens (including phenoxy) is 1. The van der Waals surface area contributed by atoms with E-state index in [1.54, 1.807) is 0 Å². The Hall–Kier alpha value is -1.92. The van der Waals surface area contributed by atoms with Gasteiger partial charge in [-0.05, 0) is 12.5 Å². The average molecular weight is 291 g/mol. The van der Waals surface area contributed by atoms with Gasteiger partial charge in [0, 0.05) is 17.7 Å². The Morgan fingerprint density at radius 2 is 2.24 bits per heavy atom. The van der Waals surface area contributed by atoms with Gasteiger partial charge in [-0.15, -0.1) is 0 Å². The molecule has 7 heteroatoms. The topological polar surface area (TPSA) is 46.6 Å². The number of rotatable bonds is 2. The molecule has 2 atom stereocenters. The molecule has 0 N–H and O–H groups in total. The van der Waals surface area contributed by atoms with Crippen molar-refractivity contribution < 1.29 is 23.1 Å². The number of halogens is 2. The Balaban J connectivity index is 2.07. The van der Waals surface area contributed by atoms with E-state index in [9.17, 15) is 18.4 Å². The molecule has 0 saturated heterocycles. The molecule has 21 heavy (non-hydrogen) atoms. The Kier molecular flexibility index (Phi) is 3.04. The van der Waals surface area contributed by atoms with E-state index < -0.39 is 29.3 Å². The zero-order chi connectivity index (χ0) is 15.4. The highest BCUT2D eigenvalue weighted by atomic mass is 19.1. The number of alkyl halides is 1. The fourth-order valence-electron chi connectivity index (χ4n) is 2.95. The zero-order valence-electron chi connectivity index (χ0n) is 11.4. The van der Waals surface area contributed by atoms with Gasteiger partial charge < -0.3 is 9.64 Å². The van der Waals surface area contributed by atoms with E-state index in [1.165, 1.54) is 24.1 Å². The molecule has 4 nitrogen and oxygen atoms in total. The first-order chi connectivity index (χ1) is 9.90. The van der Waals surface area contributed by atoms with E-state index in [0.717, 1.165) is 0 Å². The third-order valence-electron chi connectivity index (χ3n) is 4.19. The number of amides is 1. The first-order valence-corrected chi connectivity index (χ1v) is 6.49. The van der Waals surface area contributed by atoms with Crippen LogP contribution in [0.25, 0.3) is 0 Å². The number of methoxy groups -OCH3 is 1. The molecule has 108 valence electrons. The van der Waals surface area contributed by atoms with Crippen LogP contribution in [-0.2, 0) is 14.9 Å². The lowest BCUT2D eigenvalue weighted by atomic mass is 9.81. The third kappa shape index (κ3) is 1.94. The maximum atomic E-state index is 14.3. The van der Waals surface area contributed by atoms with E-state index in [-0.39, 0.29) is 36.1 Å². The van der Waals surface area contributed by atoms with Crippen molar-refractivity contribution in [3.05, 3.63) is 29.1 Å². The zero-order valence-corrected chi connectivity index (χ0v) is 11.4. The summed E-state index contributed by atoms with van der Waals surface area (Å²) in [5.74, 6) is -1.85. The second-order valence-electron chi connectivity index (χ2n) is 5.46. The first-order valence-electron chi connectivity index (χ1n) is 6.49. The largest absolute Gasteiger partial charge is 0.468 e. The van der Waals surface area contributed by atoms with Crippen LogP contribution in [0.2, 0.25) is 0 Å². The Morgan fingerprint density at radius 3 is 2.81 bits per heavy atom. The van der Waals surface area contributed by atoms with Crippen molar-refractivity contribution in [3.8, 4) is 0 Å². The van der Waals surface area contributed by atoms with Crippen LogP contribution >= 0.6 is 0 Å². The van der Waals surface area contributed by atoms with Gasteiger partial charge in [-0.2, -0.15) is 0 Å².